The molecule has 0 aliphatic carbocycles. The predicted octanol–water partition coefficient (Wildman–Crippen LogP) is 3.62. The van der Waals surface area contributed by atoms with Crippen molar-refractivity contribution in [3.8, 4) is 0 Å². The van der Waals surface area contributed by atoms with Crippen LogP contribution in [0.15, 0.2) is 29.8 Å². The van der Waals surface area contributed by atoms with Crippen molar-refractivity contribution >= 4 is 12.4 Å². The maximum Gasteiger partial charge on any atom is 0.263 e. The lowest BCUT2D eigenvalue weighted by Gasteiger charge is -2.00. The Hall–Kier alpha value is -1.51. The Labute approximate surface area is 87.4 Å². The van der Waals surface area contributed by atoms with Crippen LogP contribution in [0.2, 0.25) is 0 Å². The standard InChI is InChI=1S/C12H12F2O/c1-2-9(8-15)7-10-3-5-11(6-4-10)12(13)14/h3-8,12H,2H2,1H3/b9-7-. The summed E-state index contributed by atoms with van der Waals surface area (Å²) in [6, 6.07) is 5.91. The van der Waals surface area contributed by atoms with Gasteiger partial charge in [0.25, 0.3) is 6.43 Å². The molecule has 0 unspecified atom stereocenters. The normalized spacial score (nSPS) is 11.9. The van der Waals surface area contributed by atoms with Gasteiger partial charge < -0.3 is 0 Å². The maximum absolute atomic E-state index is 12.2. The van der Waals surface area contributed by atoms with Gasteiger partial charge in [0, 0.05) is 5.56 Å². The fraction of sp³-hybridized carbons (Fsp3) is 0.250. The lowest BCUT2D eigenvalue weighted by Crippen LogP contribution is -1.85. The van der Waals surface area contributed by atoms with E-state index >= 15 is 0 Å². The summed E-state index contributed by atoms with van der Waals surface area (Å²) in [5.41, 5.74) is 1.42. The molecule has 0 heterocycles. The van der Waals surface area contributed by atoms with Gasteiger partial charge in [-0.1, -0.05) is 31.2 Å². The number of hydrogen-bond donors (Lipinski definition) is 0. The number of benzene rings is 1. The Kier molecular flexibility index (Phi) is 4.16. The Balaban J connectivity index is 2.89. The van der Waals surface area contributed by atoms with Crippen LogP contribution in [0.25, 0.3) is 6.08 Å². The zero-order chi connectivity index (χ0) is 11.3. The summed E-state index contributed by atoms with van der Waals surface area (Å²) in [6.07, 6.45) is 0.670. The van der Waals surface area contributed by atoms with Crippen LogP contribution in [-0.2, 0) is 4.79 Å². The summed E-state index contributed by atoms with van der Waals surface area (Å²) in [5, 5.41) is 0. The summed E-state index contributed by atoms with van der Waals surface area (Å²) in [7, 11) is 0. The fourth-order valence-corrected chi connectivity index (χ4v) is 1.17. The topological polar surface area (TPSA) is 17.1 Å². The number of halogens is 2. The number of hydrogen-bond acceptors (Lipinski definition) is 1. The second-order valence-electron chi connectivity index (χ2n) is 3.16. The highest BCUT2D eigenvalue weighted by Gasteiger charge is 2.05. The van der Waals surface area contributed by atoms with E-state index < -0.39 is 6.43 Å². The van der Waals surface area contributed by atoms with Gasteiger partial charge in [0.05, 0.1) is 0 Å². The average Bonchev–Trinajstić information content (AvgIpc) is 2.26. The highest BCUT2D eigenvalue weighted by molar-refractivity contribution is 5.81. The largest absolute Gasteiger partial charge is 0.298 e. The maximum atomic E-state index is 12.2. The SMILES string of the molecule is CC/C(C=O)=C/c1ccc(C(F)F)cc1. The van der Waals surface area contributed by atoms with Crippen LogP contribution in [-0.4, -0.2) is 6.29 Å². The van der Waals surface area contributed by atoms with E-state index in [2.05, 4.69) is 0 Å². The van der Waals surface area contributed by atoms with Crippen molar-refractivity contribution in [2.24, 2.45) is 0 Å². The minimum absolute atomic E-state index is 0.00342. The van der Waals surface area contributed by atoms with E-state index in [1.54, 1.807) is 18.2 Å². The highest BCUT2D eigenvalue weighted by atomic mass is 19.3. The van der Waals surface area contributed by atoms with Crippen LogP contribution in [0, 0.1) is 0 Å². The molecule has 0 amide bonds. The quantitative estimate of drug-likeness (QED) is 0.548. The predicted molar refractivity (Wildman–Crippen MR) is 55.7 cm³/mol. The molecule has 1 aromatic rings. The zero-order valence-electron chi connectivity index (χ0n) is 8.41. The van der Waals surface area contributed by atoms with Gasteiger partial charge in [-0.2, -0.15) is 0 Å². The number of allylic oxidation sites excluding steroid dienone is 1. The molecule has 1 aromatic carbocycles. The smallest absolute Gasteiger partial charge is 0.263 e. The van der Waals surface area contributed by atoms with E-state index in [1.165, 1.54) is 12.1 Å². The lowest BCUT2D eigenvalue weighted by atomic mass is 10.1. The summed E-state index contributed by atoms with van der Waals surface area (Å²) < 4.78 is 24.4. The highest BCUT2D eigenvalue weighted by Crippen LogP contribution is 2.19. The Morgan fingerprint density at radius 2 is 1.93 bits per heavy atom. The third kappa shape index (κ3) is 3.27. The number of carbonyl (C=O) groups excluding carboxylic acids is 1. The summed E-state index contributed by atoms with van der Waals surface area (Å²) in [6.45, 7) is 1.87. The third-order valence-electron chi connectivity index (χ3n) is 2.10. The molecule has 80 valence electrons. The van der Waals surface area contributed by atoms with Crippen molar-refractivity contribution in [1.82, 2.24) is 0 Å². The van der Waals surface area contributed by atoms with Gasteiger partial charge in [0.1, 0.15) is 6.29 Å². The molecule has 0 saturated heterocycles. The van der Waals surface area contributed by atoms with Crippen molar-refractivity contribution in [2.75, 3.05) is 0 Å². The van der Waals surface area contributed by atoms with Gasteiger partial charge in [-0.15, -0.1) is 0 Å². The van der Waals surface area contributed by atoms with Crippen LogP contribution in [0.1, 0.15) is 30.9 Å². The molecule has 1 nitrogen and oxygen atoms in total. The molecule has 0 fully saturated rings. The number of carbonyl (C=O) groups is 1. The van der Waals surface area contributed by atoms with Crippen molar-refractivity contribution in [2.45, 2.75) is 19.8 Å². The van der Waals surface area contributed by atoms with Crippen molar-refractivity contribution in [1.29, 1.82) is 0 Å². The fourth-order valence-electron chi connectivity index (χ4n) is 1.17. The van der Waals surface area contributed by atoms with E-state index in [9.17, 15) is 13.6 Å². The molecule has 0 saturated carbocycles. The first kappa shape index (κ1) is 11.6. The monoisotopic (exact) mass is 210 g/mol. The van der Waals surface area contributed by atoms with Crippen molar-refractivity contribution < 1.29 is 13.6 Å². The van der Waals surface area contributed by atoms with Gasteiger partial charge >= 0.3 is 0 Å². The molecule has 0 N–H and O–H groups in total. The molecular formula is C12H12F2O. The number of rotatable bonds is 4. The lowest BCUT2D eigenvalue weighted by molar-refractivity contribution is -0.104. The number of aldehydes is 1. The van der Waals surface area contributed by atoms with E-state index in [0.717, 1.165) is 11.8 Å². The molecule has 0 aliphatic rings. The van der Waals surface area contributed by atoms with Crippen molar-refractivity contribution in [3.05, 3.63) is 41.0 Å². The summed E-state index contributed by atoms with van der Waals surface area (Å²) in [5.74, 6) is 0. The minimum Gasteiger partial charge on any atom is -0.298 e. The van der Waals surface area contributed by atoms with E-state index in [0.29, 0.717) is 12.0 Å². The molecule has 0 bridgehead atoms. The Morgan fingerprint density at radius 1 is 1.33 bits per heavy atom. The first-order valence-electron chi connectivity index (χ1n) is 4.71. The molecular weight excluding hydrogens is 198 g/mol. The van der Waals surface area contributed by atoms with E-state index in [4.69, 9.17) is 0 Å². The molecule has 3 heteroatoms. The van der Waals surface area contributed by atoms with Gasteiger partial charge in [-0.05, 0) is 23.6 Å². The first-order chi connectivity index (χ1) is 7.17. The van der Waals surface area contributed by atoms with Crippen LogP contribution in [0.4, 0.5) is 8.78 Å². The van der Waals surface area contributed by atoms with Gasteiger partial charge in [0.15, 0.2) is 0 Å². The van der Waals surface area contributed by atoms with E-state index in [1.807, 2.05) is 6.92 Å². The zero-order valence-corrected chi connectivity index (χ0v) is 8.41. The minimum atomic E-state index is -2.44. The molecule has 0 aliphatic heterocycles. The molecule has 0 spiro atoms. The third-order valence-corrected chi connectivity index (χ3v) is 2.10. The van der Waals surface area contributed by atoms with E-state index in [-0.39, 0.29) is 5.56 Å². The average molecular weight is 210 g/mol. The molecule has 0 atom stereocenters. The number of alkyl halides is 2. The second kappa shape index (κ2) is 5.39. The molecule has 0 radical (unpaired) electrons. The second-order valence-corrected chi connectivity index (χ2v) is 3.16. The first-order valence-corrected chi connectivity index (χ1v) is 4.71. The van der Waals surface area contributed by atoms with Crippen LogP contribution < -0.4 is 0 Å². The van der Waals surface area contributed by atoms with Crippen molar-refractivity contribution in [3.63, 3.8) is 0 Å². The molecule has 1 rings (SSSR count). The van der Waals surface area contributed by atoms with Gasteiger partial charge in [-0.3, -0.25) is 4.79 Å². The Bertz CT molecular complexity index is 352. The Morgan fingerprint density at radius 3 is 2.33 bits per heavy atom. The summed E-state index contributed by atoms with van der Waals surface area (Å²) >= 11 is 0. The molecule has 15 heavy (non-hydrogen) atoms. The van der Waals surface area contributed by atoms with Gasteiger partial charge in [0.2, 0.25) is 0 Å². The summed E-state index contributed by atoms with van der Waals surface area (Å²) in [4.78, 5) is 10.5. The van der Waals surface area contributed by atoms with Crippen LogP contribution >= 0.6 is 0 Å². The van der Waals surface area contributed by atoms with Crippen LogP contribution in [0.3, 0.4) is 0 Å². The van der Waals surface area contributed by atoms with Gasteiger partial charge in [-0.25, -0.2) is 8.78 Å². The van der Waals surface area contributed by atoms with Crippen LogP contribution in [0.5, 0.6) is 0 Å². The molecule has 0 aromatic heterocycles.